The van der Waals surface area contributed by atoms with E-state index in [2.05, 4.69) is 10.3 Å². The highest BCUT2D eigenvalue weighted by Crippen LogP contribution is 2.32. The fraction of sp³-hybridized carbons (Fsp3) is 0.667. The van der Waals surface area contributed by atoms with Crippen molar-refractivity contribution in [3.05, 3.63) is 29.9 Å². The van der Waals surface area contributed by atoms with Crippen LogP contribution in [0.25, 0.3) is 0 Å². The van der Waals surface area contributed by atoms with Crippen molar-refractivity contribution < 1.29 is 9.53 Å². The molecule has 0 unspecified atom stereocenters. The molecule has 0 spiro atoms. The predicted octanol–water partition coefficient (Wildman–Crippen LogP) is 2.89. The van der Waals surface area contributed by atoms with Gasteiger partial charge in [-0.25, -0.2) is 4.98 Å². The molecular formula is C18H27N3O2. The number of carbonyl (C=O) groups is 1. The Morgan fingerprint density at radius 1 is 1.39 bits per heavy atom. The lowest BCUT2D eigenvalue weighted by molar-refractivity contribution is -0.117. The number of ether oxygens (including phenoxy) is 1. The summed E-state index contributed by atoms with van der Waals surface area (Å²) in [6, 6.07) is 0. The van der Waals surface area contributed by atoms with Crippen molar-refractivity contribution in [3.63, 3.8) is 0 Å². The standard InChI is InChI=1S/C18H27N3O2/c1-21-10-9-19-18(21)17-15(8-5-11-23-17)13-20-16(22)12-14-6-3-2-4-7-14/h9-10,12,15,17H,2-8,11,13H2,1H3,(H,20,22)/t15-,17+/m0/s1. The molecule has 0 bridgehead atoms. The normalized spacial score (nSPS) is 25.2. The molecule has 1 amide bonds. The van der Waals surface area contributed by atoms with Gasteiger partial charge in [0.1, 0.15) is 11.9 Å². The Labute approximate surface area is 138 Å². The lowest BCUT2D eigenvalue weighted by Crippen LogP contribution is -2.35. The molecule has 0 aromatic carbocycles. The van der Waals surface area contributed by atoms with Gasteiger partial charge in [-0.3, -0.25) is 4.79 Å². The van der Waals surface area contributed by atoms with E-state index in [1.54, 1.807) is 6.20 Å². The molecule has 1 saturated carbocycles. The molecule has 2 aliphatic rings. The van der Waals surface area contributed by atoms with Gasteiger partial charge in [0, 0.05) is 44.6 Å². The zero-order valence-corrected chi connectivity index (χ0v) is 14.0. The maximum atomic E-state index is 12.2. The van der Waals surface area contributed by atoms with Gasteiger partial charge in [-0.15, -0.1) is 0 Å². The minimum absolute atomic E-state index is 0.0219. The van der Waals surface area contributed by atoms with Crippen LogP contribution in [0.3, 0.4) is 0 Å². The van der Waals surface area contributed by atoms with Crippen LogP contribution in [-0.4, -0.2) is 28.6 Å². The number of allylic oxidation sites excluding steroid dienone is 1. The Balaban J connectivity index is 1.57. The first kappa shape index (κ1) is 16.2. The Hall–Kier alpha value is -1.62. The molecule has 5 heteroatoms. The van der Waals surface area contributed by atoms with Crippen molar-refractivity contribution in [2.75, 3.05) is 13.2 Å². The van der Waals surface area contributed by atoms with E-state index in [4.69, 9.17) is 4.74 Å². The highest BCUT2D eigenvalue weighted by Gasteiger charge is 2.30. The number of carbonyl (C=O) groups excluding carboxylic acids is 1. The summed E-state index contributed by atoms with van der Waals surface area (Å²) in [5, 5.41) is 3.08. The highest BCUT2D eigenvalue weighted by molar-refractivity contribution is 5.88. The summed E-state index contributed by atoms with van der Waals surface area (Å²) in [6.45, 7) is 1.42. The Bertz CT molecular complexity index is 556. The molecule has 1 aromatic rings. The smallest absolute Gasteiger partial charge is 0.243 e. The van der Waals surface area contributed by atoms with Crippen LogP contribution in [0.15, 0.2) is 24.0 Å². The van der Waals surface area contributed by atoms with Gasteiger partial charge in [0.15, 0.2) is 0 Å². The van der Waals surface area contributed by atoms with E-state index in [1.165, 1.54) is 24.8 Å². The molecule has 1 aromatic heterocycles. The molecule has 2 fully saturated rings. The number of rotatable bonds is 4. The van der Waals surface area contributed by atoms with Crippen LogP contribution in [0, 0.1) is 5.92 Å². The number of hydrogen-bond donors (Lipinski definition) is 1. The number of nitrogens with one attached hydrogen (secondary N) is 1. The Morgan fingerprint density at radius 3 is 2.96 bits per heavy atom. The summed E-state index contributed by atoms with van der Waals surface area (Å²) in [6.07, 6.45) is 13.5. The van der Waals surface area contributed by atoms with E-state index in [0.717, 1.165) is 38.1 Å². The van der Waals surface area contributed by atoms with Gasteiger partial charge >= 0.3 is 0 Å². The summed E-state index contributed by atoms with van der Waals surface area (Å²) >= 11 is 0. The molecule has 1 N–H and O–H groups in total. The third-order valence-corrected chi connectivity index (χ3v) is 4.93. The number of nitrogens with zero attached hydrogens (tertiary/aromatic N) is 2. The fourth-order valence-electron chi connectivity index (χ4n) is 3.61. The zero-order chi connectivity index (χ0) is 16.1. The second kappa shape index (κ2) is 7.77. The molecule has 2 atom stereocenters. The third-order valence-electron chi connectivity index (χ3n) is 4.93. The van der Waals surface area contributed by atoms with E-state index >= 15 is 0 Å². The van der Waals surface area contributed by atoms with Crippen LogP contribution in [0.5, 0.6) is 0 Å². The van der Waals surface area contributed by atoms with Crippen molar-refractivity contribution in [3.8, 4) is 0 Å². The maximum Gasteiger partial charge on any atom is 0.243 e. The van der Waals surface area contributed by atoms with Gasteiger partial charge in [-0.1, -0.05) is 12.0 Å². The summed E-state index contributed by atoms with van der Waals surface area (Å²) in [5.41, 5.74) is 1.30. The molecule has 1 aliphatic heterocycles. The van der Waals surface area contributed by atoms with Crippen LogP contribution in [-0.2, 0) is 16.6 Å². The summed E-state index contributed by atoms with van der Waals surface area (Å²) in [4.78, 5) is 16.6. The van der Waals surface area contributed by atoms with Crippen molar-refractivity contribution in [2.24, 2.45) is 13.0 Å². The number of amides is 1. The minimum Gasteiger partial charge on any atom is -0.370 e. The van der Waals surface area contributed by atoms with Crippen molar-refractivity contribution in [2.45, 2.75) is 51.0 Å². The average molecular weight is 317 g/mol. The Morgan fingerprint density at radius 2 is 2.22 bits per heavy atom. The number of aromatic nitrogens is 2. The van der Waals surface area contributed by atoms with Crippen LogP contribution < -0.4 is 5.32 Å². The molecule has 1 saturated heterocycles. The van der Waals surface area contributed by atoms with Gasteiger partial charge in [-0.05, 0) is 38.5 Å². The lowest BCUT2D eigenvalue weighted by Gasteiger charge is -2.31. The van der Waals surface area contributed by atoms with Crippen LogP contribution in [0.4, 0.5) is 0 Å². The molecule has 1 aliphatic carbocycles. The van der Waals surface area contributed by atoms with E-state index in [9.17, 15) is 4.79 Å². The quantitative estimate of drug-likeness (QED) is 0.869. The van der Waals surface area contributed by atoms with Crippen molar-refractivity contribution in [1.82, 2.24) is 14.9 Å². The summed E-state index contributed by atoms with van der Waals surface area (Å²) in [7, 11) is 1.99. The zero-order valence-electron chi connectivity index (χ0n) is 14.0. The van der Waals surface area contributed by atoms with Gasteiger partial charge < -0.3 is 14.6 Å². The fourth-order valence-corrected chi connectivity index (χ4v) is 3.61. The molecular weight excluding hydrogens is 290 g/mol. The molecule has 0 radical (unpaired) electrons. The van der Waals surface area contributed by atoms with Gasteiger partial charge in [0.2, 0.25) is 5.91 Å². The SMILES string of the molecule is Cn1ccnc1[C@@H]1OCCC[C@H]1CNC(=O)C=C1CCCCC1. The molecule has 5 nitrogen and oxygen atoms in total. The molecule has 126 valence electrons. The van der Waals surface area contributed by atoms with Gasteiger partial charge in [0.25, 0.3) is 0 Å². The predicted molar refractivity (Wildman–Crippen MR) is 88.8 cm³/mol. The summed E-state index contributed by atoms with van der Waals surface area (Å²) in [5.74, 6) is 1.29. The highest BCUT2D eigenvalue weighted by atomic mass is 16.5. The molecule has 23 heavy (non-hydrogen) atoms. The monoisotopic (exact) mass is 317 g/mol. The molecule has 3 rings (SSSR count). The Kier molecular flexibility index (Phi) is 5.49. The molecule has 2 heterocycles. The van der Waals surface area contributed by atoms with Crippen LogP contribution in [0.1, 0.15) is 56.9 Å². The van der Waals surface area contributed by atoms with E-state index < -0.39 is 0 Å². The van der Waals surface area contributed by atoms with Crippen LogP contribution in [0.2, 0.25) is 0 Å². The third kappa shape index (κ3) is 4.22. The first-order valence-electron chi connectivity index (χ1n) is 8.80. The second-order valence-corrected chi connectivity index (χ2v) is 6.70. The number of aryl methyl sites for hydroxylation is 1. The topological polar surface area (TPSA) is 56.1 Å². The van der Waals surface area contributed by atoms with Crippen molar-refractivity contribution in [1.29, 1.82) is 0 Å². The summed E-state index contributed by atoms with van der Waals surface area (Å²) < 4.78 is 7.96. The van der Waals surface area contributed by atoms with Crippen LogP contribution >= 0.6 is 0 Å². The van der Waals surface area contributed by atoms with E-state index in [1.807, 2.05) is 23.9 Å². The van der Waals surface area contributed by atoms with E-state index in [-0.39, 0.29) is 12.0 Å². The second-order valence-electron chi connectivity index (χ2n) is 6.70. The number of imidazole rings is 1. The minimum atomic E-state index is -0.0219. The maximum absolute atomic E-state index is 12.2. The van der Waals surface area contributed by atoms with Gasteiger partial charge in [0.05, 0.1) is 0 Å². The average Bonchev–Trinajstić information content (AvgIpc) is 3.00. The largest absolute Gasteiger partial charge is 0.370 e. The lowest BCUT2D eigenvalue weighted by atomic mass is 9.93. The first-order chi connectivity index (χ1) is 11.2. The van der Waals surface area contributed by atoms with E-state index in [0.29, 0.717) is 12.5 Å². The first-order valence-corrected chi connectivity index (χ1v) is 8.80. The van der Waals surface area contributed by atoms with Crippen molar-refractivity contribution >= 4 is 5.91 Å². The van der Waals surface area contributed by atoms with Gasteiger partial charge in [-0.2, -0.15) is 0 Å². The number of hydrogen-bond acceptors (Lipinski definition) is 3.